The number of likely N-dealkylation sites (N-methyl/N-ethyl adjacent to an activating group) is 1. The highest BCUT2D eigenvalue weighted by Gasteiger charge is 2.17. The molecule has 0 spiro atoms. The van der Waals surface area contributed by atoms with Gasteiger partial charge in [0.05, 0.1) is 12.6 Å². The highest BCUT2D eigenvalue weighted by Crippen LogP contribution is 2.34. The molecule has 180 valence electrons. The quantitative estimate of drug-likeness (QED) is 0.291. The first-order valence-corrected chi connectivity index (χ1v) is 13.1. The average Bonchev–Trinajstić information content (AvgIpc) is 3.54. The van der Waals surface area contributed by atoms with Gasteiger partial charge in [0, 0.05) is 21.0 Å². The molecule has 0 unspecified atom stereocenters. The van der Waals surface area contributed by atoms with Gasteiger partial charge in [-0.3, -0.25) is 9.59 Å². The number of hydrogen-bond acceptors (Lipinski definition) is 5. The summed E-state index contributed by atoms with van der Waals surface area (Å²) in [6.45, 7) is 4.18. The van der Waals surface area contributed by atoms with Gasteiger partial charge in [0.1, 0.15) is 0 Å². The second-order valence-electron chi connectivity index (χ2n) is 8.81. The summed E-state index contributed by atoms with van der Waals surface area (Å²) < 4.78 is 0. The van der Waals surface area contributed by atoms with Crippen molar-refractivity contribution in [3.05, 3.63) is 88.1 Å². The van der Waals surface area contributed by atoms with Crippen LogP contribution in [-0.2, 0) is 4.79 Å². The Bertz CT molecular complexity index is 1260. The van der Waals surface area contributed by atoms with Crippen molar-refractivity contribution in [2.24, 2.45) is 0 Å². The monoisotopic (exact) mass is 503 g/mol. The van der Waals surface area contributed by atoms with E-state index >= 15 is 0 Å². The lowest BCUT2D eigenvalue weighted by atomic mass is 9.99. The molecule has 0 bridgehead atoms. The topological polar surface area (TPSA) is 61.4 Å². The second kappa shape index (κ2) is 11.0. The van der Waals surface area contributed by atoms with Crippen molar-refractivity contribution < 1.29 is 9.59 Å². The van der Waals surface area contributed by atoms with Crippen LogP contribution in [0.15, 0.2) is 71.4 Å². The summed E-state index contributed by atoms with van der Waals surface area (Å²) in [5.41, 5.74) is 5.34. The first-order valence-electron chi connectivity index (χ1n) is 11.4. The van der Waals surface area contributed by atoms with Crippen molar-refractivity contribution in [1.29, 1.82) is 0 Å². The Morgan fingerprint density at radius 1 is 0.914 bits per heavy atom. The molecule has 4 rings (SSSR count). The fourth-order valence-corrected chi connectivity index (χ4v) is 5.29. The molecule has 0 fully saturated rings. The van der Waals surface area contributed by atoms with E-state index in [-0.39, 0.29) is 24.4 Å². The lowest BCUT2D eigenvalue weighted by Gasteiger charge is -2.18. The largest absolute Gasteiger partial charge is 0.346 e. The average molecular weight is 504 g/mol. The van der Waals surface area contributed by atoms with Crippen molar-refractivity contribution in [1.82, 2.24) is 10.2 Å². The Balaban J connectivity index is 1.58. The number of anilines is 1. The van der Waals surface area contributed by atoms with Gasteiger partial charge in [-0.05, 0) is 103 Å². The molecule has 1 atom stereocenters. The molecule has 0 aliphatic heterocycles. The van der Waals surface area contributed by atoms with Crippen molar-refractivity contribution in [3.63, 3.8) is 0 Å². The molecule has 5 nitrogen and oxygen atoms in total. The summed E-state index contributed by atoms with van der Waals surface area (Å²) in [5, 5.41) is 10.2. The van der Waals surface area contributed by atoms with Gasteiger partial charge < -0.3 is 15.5 Å². The van der Waals surface area contributed by atoms with Crippen LogP contribution in [0, 0.1) is 6.92 Å². The first kappa shape index (κ1) is 24.9. The van der Waals surface area contributed by atoms with Gasteiger partial charge in [0.15, 0.2) is 0 Å². The molecule has 2 aromatic heterocycles. The van der Waals surface area contributed by atoms with Gasteiger partial charge in [0.25, 0.3) is 5.91 Å². The van der Waals surface area contributed by atoms with E-state index in [4.69, 9.17) is 0 Å². The summed E-state index contributed by atoms with van der Waals surface area (Å²) in [4.78, 5) is 29.6. The number of aryl methyl sites for hydroxylation is 1. The summed E-state index contributed by atoms with van der Waals surface area (Å²) in [5.74, 6) is -0.289. The minimum atomic E-state index is -0.201. The molecule has 2 aromatic carbocycles. The molecule has 2 amide bonds. The number of amides is 2. The molecule has 4 aromatic rings. The zero-order chi connectivity index (χ0) is 24.9. The Labute approximate surface area is 214 Å². The van der Waals surface area contributed by atoms with E-state index in [1.54, 1.807) is 33.6 Å². The minimum Gasteiger partial charge on any atom is -0.346 e. The predicted molar refractivity (Wildman–Crippen MR) is 147 cm³/mol. The van der Waals surface area contributed by atoms with E-state index in [9.17, 15) is 9.59 Å². The lowest BCUT2D eigenvalue weighted by molar-refractivity contribution is -0.116. The van der Waals surface area contributed by atoms with Crippen LogP contribution in [0.2, 0.25) is 0 Å². The summed E-state index contributed by atoms with van der Waals surface area (Å²) in [7, 11) is 3.68. The number of nitrogens with zero attached hydrogens (tertiary/aromatic N) is 1. The number of carbonyl (C=O) groups excluding carboxylic acids is 2. The molecule has 0 saturated heterocycles. The van der Waals surface area contributed by atoms with Crippen molar-refractivity contribution in [2.75, 3.05) is 26.0 Å². The van der Waals surface area contributed by atoms with Gasteiger partial charge in [-0.25, -0.2) is 0 Å². The van der Waals surface area contributed by atoms with E-state index in [0.29, 0.717) is 11.3 Å². The van der Waals surface area contributed by atoms with Crippen LogP contribution in [-0.4, -0.2) is 37.4 Å². The number of carbonyl (C=O) groups is 2. The maximum Gasteiger partial charge on any atom is 0.252 e. The van der Waals surface area contributed by atoms with Crippen LogP contribution in [0.1, 0.15) is 34.5 Å². The smallest absolute Gasteiger partial charge is 0.252 e. The summed E-state index contributed by atoms with van der Waals surface area (Å²) in [6, 6.07) is 20.1. The van der Waals surface area contributed by atoms with E-state index in [0.717, 1.165) is 22.3 Å². The van der Waals surface area contributed by atoms with Gasteiger partial charge in [-0.1, -0.05) is 18.2 Å². The predicted octanol–water partition coefficient (Wildman–Crippen LogP) is 6.44. The standard InChI is InChI=1S/C28H29N3O2S2/c1-18-9-10-23(30-27(32)17-31(3)4)16-24(18)28(33)29-19(2)20-13-21(25-7-5-11-34-25)15-22(14-20)26-8-6-12-35-26/h5-16,19H,17H2,1-4H3,(H,29,33)(H,30,32)/t19-/m1/s1. The van der Waals surface area contributed by atoms with Crippen molar-refractivity contribution in [3.8, 4) is 20.9 Å². The van der Waals surface area contributed by atoms with E-state index in [1.807, 2.05) is 40.1 Å². The number of thiophene rings is 2. The zero-order valence-corrected chi connectivity index (χ0v) is 21.9. The van der Waals surface area contributed by atoms with Crippen LogP contribution < -0.4 is 10.6 Å². The maximum absolute atomic E-state index is 13.3. The number of rotatable bonds is 8. The van der Waals surface area contributed by atoms with E-state index in [1.165, 1.54) is 9.75 Å². The third-order valence-corrected chi connectivity index (χ3v) is 7.48. The Kier molecular flexibility index (Phi) is 7.80. The SMILES string of the molecule is Cc1ccc(NC(=O)CN(C)C)cc1C(=O)N[C@H](C)c1cc(-c2cccs2)cc(-c2cccs2)c1. The number of benzene rings is 2. The van der Waals surface area contributed by atoms with E-state index in [2.05, 4.69) is 63.9 Å². The van der Waals surface area contributed by atoms with Gasteiger partial charge in [0.2, 0.25) is 5.91 Å². The van der Waals surface area contributed by atoms with Gasteiger partial charge in [-0.15, -0.1) is 22.7 Å². The second-order valence-corrected chi connectivity index (χ2v) is 10.7. The van der Waals surface area contributed by atoms with E-state index < -0.39 is 0 Å². The normalized spacial score (nSPS) is 11.9. The molecule has 0 aliphatic carbocycles. The van der Waals surface area contributed by atoms with Crippen molar-refractivity contribution >= 4 is 40.2 Å². The van der Waals surface area contributed by atoms with Crippen LogP contribution in [0.25, 0.3) is 20.9 Å². The Morgan fingerprint density at radius 2 is 1.54 bits per heavy atom. The van der Waals surface area contributed by atoms with Gasteiger partial charge in [-0.2, -0.15) is 0 Å². The molecule has 0 aliphatic rings. The highest BCUT2D eigenvalue weighted by atomic mass is 32.1. The number of hydrogen-bond donors (Lipinski definition) is 2. The van der Waals surface area contributed by atoms with Crippen LogP contribution in [0.5, 0.6) is 0 Å². The third kappa shape index (κ3) is 6.25. The van der Waals surface area contributed by atoms with Crippen LogP contribution >= 0.6 is 22.7 Å². The molecule has 0 radical (unpaired) electrons. The Morgan fingerprint density at radius 3 is 2.09 bits per heavy atom. The summed E-state index contributed by atoms with van der Waals surface area (Å²) in [6.07, 6.45) is 0. The molecule has 2 N–H and O–H groups in total. The molecular weight excluding hydrogens is 474 g/mol. The first-order chi connectivity index (χ1) is 16.8. The number of nitrogens with one attached hydrogen (secondary N) is 2. The Hall–Kier alpha value is -3.26. The van der Waals surface area contributed by atoms with Crippen LogP contribution in [0.3, 0.4) is 0 Å². The molecule has 0 saturated carbocycles. The minimum absolute atomic E-state index is 0.120. The fourth-order valence-electron chi connectivity index (χ4n) is 3.86. The molecular formula is C28H29N3O2S2. The lowest BCUT2D eigenvalue weighted by Crippen LogP contribution is -2.28. The third-order valence-electron chi connectivity index (χ3n) is 5.64. The molecule has 7 heteroatoms. The fraction of sp³-hybridized carbons (Fsp3) is 0.214. The van der Waals surface area contributed by atoms with Crippen molar-refractivity contribution in [2.45, 2.75) is 19.9 Å². The maximum atomic E-state index is 13.3. The van der Waals surface area contributed by atoms with Gasteiger partial charge >= 0.3 is 0 Å². The zero-order valence-electron chi connectivity index (χ0n) is 20.3. The molecule has 2 heterocycles. The van der Waals surface area contributed by atoms with Crippen LogP contribution in [0.4, 0.5) is 5.69 Å². The molecule has 35 heavy (non-hydrogen) atoms. The summed E-state index contributed by atoms with van der Waals surface area (Å²) >= 11 is 3.41. The highest BCUT2D eigenvalue weighted by molar-refractivity contribution is 7.14.